The molecular weight excluding hydrogens is 336 g/mol. The third kappa shape index (κ3) is 4.95. The fourth-order valence-electron chi connectivity index (χ4n) is 2.37. The maximum Gasteiger partial charge on any atom is 0.328 e. The molecule has 0 radical (unpaired) electrons. The first kappa shape index (κ1) is 19.2. The maximum atomic E-state index is 12.1. The summed E-state index contributed by atoms with van der Waals surface area (Å²) in [6, 6.07) is 7.89. The molecule has 0 aliphatic carbocycles. The van der Waals surface area contributed by atoms with E-state index in [1.807, 2.05) is 32.0 Å². The Balaban J connectivity index is 1.85. The summed E-state index contributed by atoms with van der Waals surface area (Å²) in [4.78, 5) is 35.8. The van der Waals surface area contributed by atoms with Gasteiger partial charge in [0.05, 0.1) is 6.26 Å². The van der Waals surface area contributed by atoms with Crippen molar-refractivity contribution < 1.29 is 23.5 Å². The molecule has 1 atom stereocenters. The van der Waals surface area contributed by atoms with Crippen molar-refractivity contribution in [1.29, 1.82) is 0 Å². The van der Waals surface area contributed by atoms with Gasteiger partial charge >= 0.3 is 5.97 Å². The average Bonchev–Trinajstić information content (AvgIpc) is 3.16. The lowest BCUT2D eigenvalue weighted by Gasteiger charge is -2.15. The van der Waals surface area contributed by atoms with E-state index < -0.39 is 30.4 Å². The molecule has 2 rings (SSSR count). The molecule has 1 aromatic carbocycles. The number of carbonyl (C=O) groups excluding carboxylic acids is 3. The molecule has 2 amide bonds. The standard InChI is InChI=1S/C19H22N2O5/c1-4-14-8-5-7-12(2)17(14)21-16(22)11-26-19(24)13(3)20-18(23)15-9-6-10-25-15/h5-10,13H,4,11H2,1-3H3,(H,20,23)(H,21,22)/t13-/m0/s1. The third-order valence-corrected chi connectivity index (χ3v) is 3.80. The maximum absolute atomic E-state index is 12.1. The molecule has 0 aliphatic rings. The molecule has 2 N–H and O–H groups in total. The Morgan fingerprint density at radius 3 is 2.62 bits per heavy atom. The fraction of sp³-hybridized carbons (Fsp3) is 0.316. The van der Waals surface area contributed by atoms with Gasteiger partial charge in [0.2, 0.25) is 0 Å². The van der Waals surface area contributed by atoms with Crippen LogP contribution in [0.1, 0.15) is 35.5 Å². The summed E-state index contributed by atoms with van der Waals surface area (Å²) in [7, 11) is 0. The normalized spacial score (nSPS) is 11.5. The van der Waals surface area contributed by atoms with Crippen molar-refractivity contribution >= 4 is 23.5 Å². The molecule has 0 fully saturated rings. The lowest BCUT2D eigenvalue weighted by atomic mass is 10.1. The van der Waals surface area contributed by atoms with Gasteiger partial charge in [0.15, 0.2) is 12.4 Å². The number of ether oxygens (including phenoxy) is 1. The van der Waals surface area contributed by atoms with Crippen molar-refractivity contribution in [3.05, 3.63) is 53.5 Å². The molecule has 7 nitrogen and oxygen atoms in total. The molecular formula is C19H22N2O5. The van der Waals surface area contributed by atoms with Gasteiger partial charge in [0.1, 0.15) is 6.04 Å². The third-order valence-electron chi connectivity index (χ3n) is 3.80. The summed E-state index contributed by atoms with van der Waals surface area (Å²) in [5.74, 6) is -1.59. The van der Waals surface area contributed by atoms with E-state index >= 15 is 0 Å². The van der Waals surface area contributed by atoms with Crippen LogP contribution in [0, 0.1) is 6.92 Å². The lowest BCUT2D eigenvalue weighted by Crippen LogP contribution is -2.40. The van der Waals surface area contributed by atoms with Crippen molar-refractivity contribution in [1.82, 2.24) is 5.32 Å². The van der Waals surface area contributed by atoms with Crippen LogP contribution in [0.25, 0.3) is 0 Å². The van der Waals surface area contributed by atoms with E-state index in [0.29, 0.717) is 0 Å². The Morgan fingerprint density at radius 2 is 1.96 bits per heavy atom. The topological polar surface area (TPSA) is 97.6 Å². The van der Waals surface area contributed by atoms with E-state index in [1.165, 1.54) is 19.3 Å². The number of hydrogen-bond acceptors (Lipinski definition) is 5. The highest BCUT2D eigenvalue weighted by Gasteiger charge is 2.20. The Labute approximate surface area is 151 Å². The van der Waals surface area contributed by atoms with Crippen LogP contribution in [-0.4, -0.2) is 30.4 Å². The van der Waals surface area contributed by atoms with E-state index in [4.69, 9.17) is 9.15 Å². The molecule has 0 aliphatic heterocycles. The number of esters is 1. The average molecular weight is 358 g/mol. The summed E-state index contributed by atoms with van der Waals surface area (Å²) >= 11 is 0. The van der Waals surface area contributed by atoms with Crippen LogP contribution in [0.5, 0.6) is 0 Å². The number of amides is 2. The number of anilines is 1. The van der Waals surface area contributed by atoms with Crippen molar-refractivity contribution in [2.24, 2.45) is 0 Å². The highest BCUT2D eigenvalue weighted by Crippen LogP contribution is 2.20. The van der Waals surface area contributed by atoms with Crippen LogP contribution >= 0.6 is 0 Å². The summed E-state index contributed by atoms with van der Waals surface area (Å²) in [6.45, 7) is 4.93. The van der Waals surface area contributed by atoms with Crippen LogP contribution < -0.4 is 10.6 Å². The molecule has 1 aromatic heterocycles. The first-order valence-corrected chi connectivity index (χ1v) is 8.31. The van der Waals surface area contributed by atoms with E-state index in [-0.39, 0.29) is 5.76 Å². The Hall–Kier alpha value is -3.09. The first-order valence-electron chi connectivity index (χ1n) is 8.31. The number of hydrogen-bond donors (Lipinski definition) is 2. The second kappa shape index (κ2) is 8.84. The minimum absolute atomic E-state index is 0.0917. The van der Waals surface area contributed by atoms with Crippen LogP contribution in [0.4, 0.5) is 5.69 Å². The summed E-state index contributed by atoms with van der Waals surface area (Å²) in [5.41, 5.74) is 2.67. The quantitative estimate of drug-likeness (QED) is 0.741. The molecule has 0 unspecified atom stereocenters. The largest absolute Gasteiger partial charge is 0.459 e. The number of aryl methyl sites for hydroxylation is 2. The summed E-state index contributed by atoms with van der Waals surface area (Å²) < 4.78 is 9.92. The minimum atomic E-state index is -0.912. The van der Waals surface area contributed by atoms with E-state index in [9.17, 15) is 14.4 Å². The monoisotopic (exact) mass is 358 g/mol. The lowest BCUT2D eigenvalue weighted by molar-refractivity contribution is -0.148. The molecule has 26 heavy (non-hydrogen) atoms. The second-order valence-corrected chi connectivity index (χ2v) is 5.79. The molecule has 0 saturated carbocycles. The molecule has 1 heterocycles. The van der Waals surface area contributed by atoms with Crippen LogP contribution in [-0.2, 0) is 20.7 Å². The number of nitrogens with one attached hydrogen (secondary N) is 2. The minimum Gasteiger partial charge on any atom is -0.459 e. The number of benzene rings is 1. The van der Waals surface area contributed by atoms with E-state index in [1.54, 1.807) is 6.07 Å². The van der Waals surface area contributed by atoms with Crippen molar-refractivity contribution in [2.45, 2.75) is 33.2 Å². The van der Waals surface area contributed by atoms with Crippen LogP contribution in [0.3, 0.4) is 0 Å². The number of para-hydroxylation sites is 1. The van der Waals surface area contributed by atoms with Gasteiger partial charge in [-0.3, -0.25) is 9.59 Å². The number of furan rings is 1. The van der Waals surface area contributed by atoms with Gasteiger partial charge < -0.3 is 19.8 Å². The predicted octanol–water partition coefficient (Wildman–Crippen LogP) is 2.45. The molecule has 0 spiro atoms. The summed E-state index contributed by atoms with van der Waals surface area (Å²) in [6.07, 6.45) is 2.13. The zero-order chi connectivity index (χ0) is 19.1. The predicted molar refractivity (Wildman–Crippen MR) is 95.8 cm³/mol. The van der Waals surface area contributed by atoms with Gasteiger partial charge in [-0.2, -0.15) is 0 Å². The fourth-order valence-corrected chi connectivity index (χ4v) is 2.37. The Morgan fingerprint density at radius 1 is 1.19 bits per heavy atom. The Bertz CT molecular complexity index is 783. The highest BCUT2D eigenvalue weighted by molar-refractivity contribution is 5.96. The summed E-state index contributed by atoms with van der Waals surface area (Å²) in [5, 5.41) is 5.21. The van der Waals surface area contributed by atoms with Gasteiger partial charge in [0, 0.05) is 5.69 Å². The molecule has 0 bridgehead atoms. The molecule has 2 aromatic rings. The second-order valence-electron chi connectivity index (χ2n) is 5.79. The molecule has 7 heteroatoms. The Kier molecular flexibility index (Phi) is 6.54. The number of rotatable bonds is 7. The van der Waals surface area contributed by atoms with Crippen molar-refractivity contribution in [3.8, 4) is 0 Å². The van der Waals surface area contributed by atoms with Crippen LogP contribution in [0.15, 0.2) is 41.0 Å². The van der Waals surface area contributed by atoms with E-state index in [0.717, 1.165) is 23.2 Å². The zero-order valence-electron chi connectivity index (χ0n) is 15.0. The van der Waals surface area contributed by atoms with Gasteiger partial charge in [-0.1, -0.05) is 25.1 Å². The van der Waals surface area contributed by atoms with Gasteiger partial charge in [0.25, 0.3) is 11.8 Å². The zero-order valence-corrected chi connectivity index (χ0v) is 15.0. The molecule has 0 saturated heterocycles. The van der Waals surface area contributed by atoms with E-state index in [2.05, 4.69) is 10.6 Å². The van der Waals surface area contributed by atoms with Crippen LogP contribution in [0.2, 0.25) is 0 Å². The number of carbonyl (C=O) groups is 3. The smallest absolute Gasteiger partial charge is 0.328 e. The van der Waals surface area contributed by atoms with Crippen molar-refractivity contribution in [3.63, 3.8) is 0 Å². The SMILES string of the molecule is CCc1cccc(C)c1NC(=O)COC(=O)[C@H](C)NC(=O)c1ccco1. The van der Waals surface area contributed by atoms with Gasteiger partial charge in [-0.15, -0.1) is 0 Å². The molecule has 138 valence electrons. The van der Waals surface area contributed by atoms with Gasteiger partial charge in [-0.05, 0) is 43.5 Å². The first-order chi connectivity index (χ1) is 12.4. The van der Waals surface area contributed by atoms with Gasteiger partial charge in [-0.25, -0.2) is 4.79 Å². The highest BCUT2D eigenvalue weighted by atomic mass is 16.5. The van der Waals surface area contributed by atoms with Crippen molar-refractivity contribution in [2.75, 3.05) is 11.9 Å².